The van der Waals surface area contributed by atoms with Gasteiger partial charge in [0.2, 0.25) is 5.91 Å². The molecule has 0 saturated heterocycles. The first-order valence-electron chi connectivity index (χ1n) is 12.0. The summed E-state index contributed by atoms with van der Waals surface area (Å²) in [5.41, 5.74) is 3.11. The van der Waals surface area contributed by atoms with Crippen LogP contribution >= 0.6 is 0 Å². The number of carbonyl (C=O) groups excluding carboxylic acids is 2. The van der Waals surface area contributed by atoms with Gasteiger partial charge in [0, 0.05) is 23.6 Å². The molecule has 7 nitrogen and oxygen atoms in total. The van der Waals surface area contributed by atoms with Crippen LogP contribution in [0.3, 0.4) is 0 Å². The predicted octanol–water partition coefficient (Wildman–Crippen LogP) is 5.37. The van der Waals surface area contributed by atoms with Crippen molar-refractivity contribution in [2.24, 2.45) is 0 Å². The Balaban J connectivity index is 1.85. The number of unbranched alkanes of at least 4 members (excludes halogenated alkanes) is 1. The number of methoxy groups -OCH3 is 1. The van der Waals surface area contributed by atoms with Gasteiger partial charge < -0.3 is 15.0 Å². The van der Waals surface area contributed by atoms with Crippen LogP contribution in [0.5, 0.6) is 5.75 Å². The Morgan fingerprint density at radius 1 is 1.06 bits per heavy atom. The second-order valence-electron chi connectivity index (χ2n) is 9.77. The van der Waals surface area contributed by atoms with E-state index in [0.29, 0.717) is 17.9 Å². The van der Waals surface area contributed by atoms with Gasteiger partial charge >= 0.3 is 0 Å². The average molecular weight is 477 g/mol. The molecule has 186 valence electrons. The van der Waals surface area contributed by atoms with Crippen molar-refractivity contribution >= 4 is 17.6 Å². The van der Waals surface area contributed by atoms with Gasteiger partial charge in [-0.1, -0.05) is 51.8 Å². The number of amides is 2. The van der Waals surface area contributed by atoms with Gasteiger partial charge in [0.05, 0.1) is 18.5 Å². The van der Waals surface area contributed by atoms with Crippen LogP contribution in [0.25, 0.3) is 5.69 Å². The van der Waals surface area contributed by atoms with E-state index in [2.05, 4.69) is 33.0 Å². The number of anilines is 1. The number of benzene rings is 2. The van der Waals surface area contributed by atoms with Crippen LogP contribution in [-0.2, 0) is 10.2 Å². The summed E-state index contributed by atoms with van der Waals surface area (Å²) in [6, 6.07) is 16.8. The molecule has 0 spiro atoms. The van der Waals surface area contributed by atoms with Crippen LogP contribution in [0.2, 0.25) is 0 Å². The van der Waals surface area contributed by atoms with Crippen molar-refractivity contribution in [1.82, 2.24) is 14.7 Å². The lowest BCUT2D eigenvalue weighted by molar-refractivity contribution is -0.117. The van der Waals surface area contributed by atoms with E-state index in [1.807, 2.05) is 61.5 Å². The zero-order chi connectivity index (χ0) is 25.6. The van der Waals surface area contributed by atoms with Crippen molar-refractivity contribution in [3.05, 3.63) is 71.4 Å². The van der Waals surface area contributed by atoms with Crippen LogP contribution < -0.4 is 10.1 Å². The first-order valence-corrected chi connectivity index (χ1v) is 12.0. The van der Waals surface area contributed by atoms with E-state index in [0.717, 1.165) is 35.5 Å². The fourth-order valence-electron chi connectivity index (χ4n) is 3.59. The highest BCUT2D eigenvalue weighted by Gasteiger charge is 2.23. The molecule has 1 aromatic heterocycles. The number of aromatic nitrogens is 2. The maximum atomic E-state index is 13.2. The number of hydrogen-bond acceptors (Lipinski definition) is 4. The number of aryl methyl sites for hydroxylation is 1. The molecule has 0 aliphatic rings. The molecule has 1 heterocycles. The monoisotopic (exact) mass is 476 g/mol. The topological polar surface area (TPSA) is 76.5 Å². The SMILES string of the molecule is CCCCN(CC(=O)Nc1cc(C(C)(C)C)nn1-c1ccc(OC)cc1)C(=O)c1ccc(C)cc1. The van der Waals surface area contributed by atoms with Gasteiger partial charge in [-0.15, -0.1) is 0 Å². The summed E-state index contributed by atoms with van der Waals surface area (Å²) >= 11 is 0. The summed E-state index contributed by atoms with van der Waals surface area (Å²) < 4.78 is 6.98. The highest BCUT2D eigenvalue weighted by atomic mass is 16.5. The lowest BCUT2D eigenvalue weighted by Gasteiger charge is -2.22. The zero-order valence-corrected chi connectivity index (χ0v) is 21.6. The number of nitrogens with zero attached hydrogens (tertiary/aromatic N) is 3. The third-order valence-corrected chi connectivity index (χ3v) is 5.76. The average Bonchev–Trinajstić information content (AvgIpc) is 3.26. The highest BCUT2D eigenvalue weighted by molar-refractivity contribution is 5.99. The minimum absolute atomic E-state index is 0.0364. The molecule has 0 fully saturated rings. The molecule has 0 radical (unpaired) electrons. The molecule has 1 N–H and O–H groups in total. The number of rotatable bonds is 9. The Morgan fingerprint density at radius 3 is 2.29 bits per heavy atom. The largest absolute Gasteiger partial charge is 0.497 e. The van der Waals surface area contributed by atoms with Crippen molar-refractivity contribution in [3.8, 4) is 11.4 Å². The summed E-state index contributed by atoms with van der Waals surface area (Å²) in [5, 5.41) is 7.75. The van der Waals surface area contributed by atoms with E-state index in [1.165, 1.54) is 0 Å². The Morgan fingerprint density at radius 2 is 1.71 bits per heavy atom. The quantitative estimate of drug-likeness (QED) is 0.451. The third-order valence-electron chi connectivity index (χ3n) is 5.76. The molecule has 3 rings (SSSR count). The van der Waals surface area contributed by atoms with E-state index in [1.54, 1.807) is 16.7 Å². The first-order chi connectivity index (χ1) is 16.6. The van der Waals surface area contributed by atoms with Crippen LogP contribution in [0, 0.1) is 6.92 Å². The van der Waals surface area contributed by atoms with E-state index >= 15 is 0 Å². The van der Waals surface area contributed by atoms with Gasteiger partial charge in [-0.25, -0.2) is 4.68 Å². The third kappa shape index (κ3) is 6.72. The molecule has 7 heteroatoms. The Kier molecular flexibility index (Phi) is 8.33. The molecule has 2 aromatic carbocycles. The second kappa shape index (κ2) is 11.2. The molecule has 3 aromatic rings. The molecule has 0 bridgehead atoms. The van der Waals surface area contributed by atoms with Crippen molar-refractivity contribution in [1.29, 1.82) is 0 Å². The van der Waals surface area contributed by atoms with Gasteiger partial charge in [0.1, 0.15) is 18.1 Å². The molecule has 2 amide bonds. The summed E-state index contributed by atoms with van der Waals surface area (Å²) in [6.07, 6.45) is 1.75. The molecule has 0 aliphatic carbocycles. The van der Waals surface area contributed by atoms with E-state index in [9.17, 15) is 9.59 Å². The van der Waals surface area contributed by atoms with Crippen molar-refractivity contribution in [2.75, 3.05) is 25.5 Å². The minimum Gasteiger partial charge on any atom is -0.497 e. The van der Waals surface area contributed by atoms with Gasteiger partial charge in [0.25, 0.3) is 5.91 Å². The van der Waals surface area contributed by atoms with Crippen molar-refractivity contribution in [3.63, 3.8) is 0 Å². The molecular weight excluding hydrogens is 440 g/mol. The van der Waals surface area contributed by atoms with Crippen LogP contribution in [0.15, 0.2) is 54.6 Å². The Hall–Kier alpha value is -3.61. The van der Waals surface area contributed by atoms with Gasteiger partial charge in [-0.2, -0.15) is 5.10 Å². The van der Waals surface area contributed by atoms with Crippen molar-refractivity contribution < 1.29 is 14.3 Å². The van der Waals surface area contributed by atoms with Crippen molar-refractivity contribution in [2.45, 2.75) is 52.9 Å². The lowest BCUT2D eigenvalue weighted by Crippen LogP contribution is -2.39. The van der Waals surface area contributed by atoms with Crippen LogP contribution in [0.1, 0.15) is 62.2 Å². The molecule has 35 heavy (non-hydrogen) atoms. The first kappa shape index (κ1) is 26.0. The smallest absolute Gasteiger partial charge is 0.254 e. The van der Waals surface area contributed by atoms with Gasteiger partial charge in [-0.3, -0.25) is 9.59 Å². The molecular formula is C28H36N4O3. The fourth-order valence-corrected chi connectivity index (χ4v) is 3.59. The molecule has 0 unspecified atom stereocenters. The lowest BCUT2D eigenvalue weighted by atomic mass is 9.92. The maximum Gasteiger partial charge on any atom is 0.254 e. The second-order valence-corrected chi connectivity index (χ2v) is 9.77. The molecule has 0 aliphatic heterocycles. The van der Waals surface area contributed by atoms with Gasteiger partial charge in [-0.05, 0) is 49.7 Å². The van der Waals surface area contributed by atoms with E-state index < -0.39 is 0 Å². The Bertz CT molecular complexity index is 1140. The van der Waals surface area contributed by atoms with Crippen LogP contribution in [0.4, 0.5) is 5.82 Å². The molecule has 0 saturated carbocycles. The summed E-state index contributed by atoms with van der Waals surface area (Å²) in [4.78, 5) is 27.9. The van der Waals surface area contributed by atoms with E-state index in [-0.39, 0.29) is 23.8 Å². The zero-order valence-electron chi connectivity index (χ0n) is 21.6. The number of ether oxygens (including phenoxy) is 1. The predicted molar refractivity (Wildman–Crippen MR) is 139 cm³/mol. The summed E-state index contributed by atoms with van der Waals surface area (Å²) in [7, 11) is 1.62. The minimum atomic E-state index is -0.267. The number of nitrogens with one attached hydrogen (secondary N) is 1. The molecule has 0 atom stereocenters. The standard InChI is InChI=1S/C28H36N4O3/c1-7-8-17-31(27(34)21-11-9-20(2)10-12-21)19-26(33)29-25-18-24(28(3,4)5)30-32(25)22-13-15-23(35-6)16-14-22/h9-16,18H,7-8,17,19H2,1-6H3,(H,29,33). The van der Waals surface area contributed by atoms with E-state index in [4.69, 9.17) is 9.84 Å². The highest BCUT2D eigenvalue weighted by Crippen LogP contribution is 2.27. The Labute approximate surface area is 208 Å². The normalized spacial score (nSPS) is 11.3. The summed E-state index contributed by atoms with van der Waals surface area (Å²) in [6.45, 7) is 10.8. The number of hydrogen-bond donors (Lipinski definition) is 1. The van der Waals surface area contributed by atoms with Crippen LogP contribution in [-0.4, -0.2) is 46.7 Å². The van der Waals surface area contributed by atoms with Gasteiger partial charge in [0.15, 0.2) is 0 Å². The maximum absolute atomic E-state index is 13.2. The fraction of sp³-hybridized carbons (Fsp3) is 0.393. The number of carbonyl (C=O) groups is 2. The summed E-state index contributed by atoms with van der Waals surface area (Å²) in [5.74, 6) is 0.886.